The lowest BCUT2D eigenvalue weighted by atomic mass is 9.95. The Morgan fingerprint density at radius 2 is 2.16 bits per heavy atom. The Morgan fingerprint density at radius 1 is 1.37 bits per heavy atom. The van der Waals surface area contributed by atoms with E-state index < -0.39 is 0 Å². The van der Waals surface area contributed by atoms with Gasteiger partial charge in [-0.25, -0.2) is 0 Å². The summed E-state index contributed by atoms with van der Waals surface area (Å²) in [6.07, 6.45) is 3.62. The Kier molecular flexibility index (Phi) is 3.02. The predicted octanol–water partition coefficient (Wildman–Crippen LogP) is 2.37. The molecule has 2 aliphatic rings. The lowest BCUT2D eigenvalue weighted by Crippen LogP contribution is -2.30. The van der Waals surface area contributed by atoms with Crippen molar-refractivity contribution in [3.8, 4) is 0 Å². The lowest BCUT2D eigenvalue weighted by molar-refractivity contribution is -0.383. The number of hydrogen-bond donors (Lipinski definition) is 2. The molecule has 2 fully saturated rings. The van der Waals surface area contributed by atoms with Gasteiger partial charge in [0.15, 0.2) is 0 Å². The summed E-state index contributed by atoms with van der Waals surface area (Å²) in [4.78, 5) is 10.9. The van der Waals surface area contributed by atoms with E-state index in [0.717, 1.165) is 19.3 Å². The average molecular weight is 263 g/mol. The number of nitrogens with zero attached hydrogens (tertiary/aromatic N) is 1. The highest BCUT2D eigenvalue weighted by atomic mass is 16.6. The number of ether oxygens (including phenoxy) is 1. The second-order valence-corrected chi connectivity index (χ2v) is 5.07. The number of benzene rings is 1. The molecule has 2 N–H and O–H groups in total. The van der Waals surface area contributed by atoms with Gasteiger partial charge < -0.3 is 15.4 Å². The standard InChI is InChI=1S/C13H17N3O3/c1-14-9-3-2-4-10(13(9)16(17)18)15-11-7-8-5-6-12(11)19-8/h2-4,8,11-12,14-15H,5-7H2,1H3. The molecule has 0 aliphatic carbocycles. The van der Waals surface area contributed by atoms with E-state index in [-0.39, 0.29) is 22.8 Å². The monoisotopic (exact) mass is 263 g/mol. The Hall–Kier alpha value is -1.82. The summed E-state index contributed by atoms with van der Waals surface area (Å²) in [5.41, 5.74) is 1.20. The van der Waals surface area contributed by atoms with E-state index in [1.54, 1.807) is 19.2 Å². The van der Waals surface area contributed by atoms with Crippen molar-refractivity contribution in [3.63, 3.8) is 0 Å². The fraction of sp³-hybridized carbons (Fsp3) is 0.538. The predicted molar refractivity (Wildman–Crippen MR) is 72.6 cm³/mol. The first kappa shape index (κ1) is 12.2. The number of nitro groups is 1. The zero-order chi connectivity index (χ0) is 13.4. The van der Waals surface area contributed by atoms with Gasteiger partial charge in [-0.2, -0.15) is 0 Å². The van der Waals surface area contributed by atoms with Gasteiger partial charge in [0.1, 0.15) is 11.4 Å². The quantitative estimate of drug-likeness (QED) is 0.644. The maximum Gasteiger partial charge on any atom is 0.315 e. The number of hydrogen-bond acceptors (Lipinski definition) is 5. The molecule has 3 unspecified atom stereocenters. The zero-order valence-electron chi connectivity index (χ0n) is 10.8. The molecule has 19 heavy (non-hydrogen) atoms. The molecule has 0 radical (unpaired) electrons. The molecule has 2 saturated heterocycles. The van der Waals surface area contributed by atoms with Crippen molar-refractivity contribution in [3.05, 3.63) is 28.3 Å². The van der Waals surface area contributed by atoms with Crippen LogP contribution < -0.4 is 10.6 Å². The van der Waals surface area contributed by atoms with Gasteiger partial charge in [0.05, 0.1) is 23.2 Å². The van der Waals surface area contributed by atoms with E-state index in [1.165, 1.54) is 0 Å². The van der Waals surface area contributed by atoms with Crippen molar-refractivity contribution in [2.45, 2.75) is 37.5 Å². The smallest absolute Gasteiger partial charge is 0.315 e. The third kappa shape index (κ3) is 2.12. The number of rotatable bonds is 4. The molecule has 1 aromatic carbocycles. The minimum absolute atomic E-state index is 0.104. The van der Waals surface area contributed by atoms with E-state index in [9.17, 15) is 10.1 Å². The first-order chi connectivity index (χ1) is 9.19. The maximum absolute atomic E-state index is 11.2. The number of fused-ring (bicyclic) bond motifs is 2. The molecule has 0 spiro atoms. The molecule has 6 heteroatoms. The molecule has 3 rings (SSSR count). The van der Waals surface area contributed by atoms with Crippen LogP contribution in [0.25, 0.3) is 0 Å². The Balaban J connectivity index is 1.86. The number of nitro benzene ring substituents is 1. The van der Waals surface area contributed by atoms with Gasteiger partial charge in [-0.3, -0.25) is 10.1 Å². The third-order valence-corrected chi connectivity index (χ3v) is 3.93. The Labute approximate surface area is 111 Å². The van der Waals surface area contributed by atoms with Crippen molar-refractivity contribution < 1.29 is 9.66 Å². The van der Waals surface area contributed by atoms with Crippen LogP contribution in [0.5, 0.6) is 0 Å². The Morgan fingerprint density at radius 3 is 2.74 bits per heavy atom. The maximum atomic E-state index is 11.2. The largest absolute Gasteiger partial charge is 0.382 e. The van der Waals surface area contributed by atoms with Crippen LogP contribution >= 0.6 is 0 Å². The van der Waals surface area contributed by atoms with Gasteiger partial charge in [-0.05, 0) is 31.4 Å². The number of anilines is 2. The van der Waals surface area contributed by atoms with E-state index >= 15 is 0 Å². The average Bonchev–Trinajstić information content (AvgIpc) is 3.00. The summed E-state index contributed by atoms with van der Waals surface area (Å²) in [6, 6.07) is 5.46. The van der Waals surface area contributed by atoms with E-state index in [0.29, 0.717) is 17.5 Å². The van der Waals surface area contributed by atoms with Crippen molar-refractivity contribution in [2.75, 3.05) is 17.7 Å². The molecule has 2 aliphatic heterocycles. The van der Waals surface area contributed by atoms with Gasteiger partial charge in [-0.1, -0.05) is 6.07 Å². The fourth-order valence-corrected chi connectivity index (χ4v) is 3.05. The van der Waals surface area contributed by atoms with Crippen LogP contribution in [0.15, 0.2) is 18.2 Å². The van der Waals surface area contributed by atoms with Gasteiger partial charge in [0, 0.05) is 7.05 Å². The van der Waals surface area contributed by atoms with Crippen molar-refractivity contribution in [1.82, 2.24) is 0 Å². The van der Waals surface area contributed by atoms with Crippen molar-refractivity contribution >= 4 is 17.1 Å². The lowest BCUT2D eigenvalue weighted by Gasteiger charge is -2.21. The van der Waals surface area contributed by atoms with Crippen LogP contribution in [0, 0.1) is 10.1 Å². The highest BCUT2D eigenvalue weighted by Gasteiger charge is 2.41. The number of para-hydroxylation sites is 1. The summed E-state index contributed by atoms with van der Waals surface area (Å²) in [6.45, 7) is 0. The summed E-state index contributed by atoms with van der Waals surface area (Å²) >= 11 is 0. The highest BCUT2D eigenvalue weighted by molar-refractivity contribution is 5.76. The first-order valence-corrected chi connectivity index (χ1v) is 6.56. The van der Waals surface area contributed by atoms with Gasteiger partial charge in [0.25, 0.3) is 0 Å². The summed E-state index contributed by atoms with van der Waals surface area (Å²) in [7, 11) is 1.69. The van der Waals surface area contributed by atoms with Crippen LogP contribution in [-0.4, -0.2) is 30.2 Å². The SMILES string of the molecule is CNc1cccc(NC2CC3CCC2O3)c1[N+](=O)[O-]. The van der Waals surface area contributed by atoms with Crippen LogP contribution in [0.3, 0.4) is 0 Å². The van der Waals surface area contributed by atoms with Gasteiger partial charge >= 0.3 is 5.69 Å². The molecule has 0 amide bonds. The summed E-state index contributed by atoms with van der Waals surface area (Å²) in [5, 5.41) is 17.4. The molecule has 102 valence electrons. The minimum atomic E-state index is -0.345. The second kappa shape index (κ2) is 4.70. The fourth-order valence-electron chi connectivity index (χ4n) is 3.05. The van der Waals surface area contributed by atoms with Gasteiger partial charge in [-0.15, -0.1) is 0 Å². The molecule has 3 atom stereocenters. The Bertz CT molecular complexity index is 506. The highest BCUT2D eigenvalue weighted by Crippen LogP contribution is 2.39. The second-order valence-electron chi connectivity index (χ2n) is 5.07. The molecule has 2 bridgehead atoms. The van der Waals surface area contributed by atoms with Crippen LogP contribution in [0.2, 0.25) is 0 Å². The summed E-state index contributed by atoms with van der Waals surface area (Å²) < 4.78 is 5.77. The molecule has 2 heterocycles. The molecule has 6 nitrogen and oxygen atoms in total. The minimum Gasteiger partial charge on any atom is -0.382 e. The topological polar surface area (TPSA) is 76.4 Å². The van der Waals surface area contributed by atoms with Crippen LogP contribution in [0.4, 0.5) is 17.1 Å². The third-order valence-electron chi connectivity index (χ3n) is 3.93. The number of nitrogens with one attached hydrogen (secondary N) is 2. The first-order valence-electron chi connectivity index (χ1n) is 6.56. The molecule has 0 aromatic heterocycles. The normalized spacial score (nSPS) is 28.4. The molecule has 1 aromatic rings. The van der Waals surface area contributed by atoms with E-state index in [1.807, 2.05) is 6.07 Å². The van der Waals surface area contributed by atoms with Crippen LogP contribution in [-0.2, 0) is 4.74 Å². The van der Waals surface area contributed by atoms with Crippen molar-refractivity contribution in [2.24, 2.45) is 0 Å². The summed E-state index contributed by atoms with van der Waals surface area (Å²) in [5.74, 6) is 0. The molecule has 0 saturated carbocycles. The van der Waals surface area contributed by atoms with E-state index in [4.69, 9.17) is 4.74 Å². The molecular weight excluding hydrogens is 246 g/mol. The molecular formula is C13H17N3O3. The van der Waals surface area contributed by atoms with Gasteiger partial charge in [0.2, 0.25) is 0 Å². The zero-order valence-corrected chi connectivity index (χ0v) is 10.8. The van der Waals surface area contributed by atoms with Crippen LogP contribution in [0.1, 0.15) is 19.3 Å². The van der Waals surface area contributed by atoms with E-state index in [2.05, 4.69) is 10.6 Å². The van der Waals surface area contributed by atoms with Crippen molar-refractivity contribution in [1.29, 1.82) is 0 Å².